The van der Waals surface area contributed by atoms with Crippen molar-refractivity contribution in [3.8, 4) is 0 Å². The van der Waals surface area contributed by atoms with E-state index in [9.17, 15) is 0 Å². The van der Waals surface area contributed by atoms with Gasteiger partial charge in [0.25, 0.3) is 0 Å². The number of halogens is 1. The molecule has 4 aliphatic rings. The zero-order valence-corrected chi connectivity index (χ0v) is 19.4. The number of aliphatic imine (C=N–C) groups is 1. The number of fused-ring (bicyclic) bond motifs is 5. The molecule has 4 aliphatic heterocycles. The summed E-state index contributed by atoms with van der Waals surface area (Å²) >= 11 is 0. The average Bonchev–Trinajstić information content (AvgIpc) is 3.31. The minimum atomic E-state index is 0. The van der Waals surface area contributed by atoms with Crippen LogP contribution in [0.1, 0.15) is 33.6 Å². The molecule has 0 saturated carbocycles. The van der Waals surface area contributed by atoms with Gasteiger partial charge in [0.15, 0.2) is 5.96 Å². The highest BCUT2D eigenvalue weighted by molar-refractivity contribution is 14.0. The maximum Gasteiger partial charge on any atom is 0.194 e. The SMILES string of the molecule is CCNC(=NCC1CN(CC(C)C)CCO1)N1CC2C3CCC(O3)C2C1.I. The monoisotopic (exact) mass is 492 g/mol. The van der Waals surface area contributed by atoms with Crippen LogP contribution in [-0.2, 0) is 9.47 Å². The fourth-order valence-electron chi connectivity index (χ4n) is 5.32. The highest BCUT2D eigenvalue weighted by Crippen LogP contribution is 2.47. The molecule has 0 spiro atoms. The molecule has 0 amide bonds. The smallest absolute Gasteiger partial charge is 0.194 e. The third kappa shape index (κ3) is 4.90. The van der Waals surface area contributed by atoms with E-state index in [1.807, 2.05) is 0 Å². The van der Waals surface area contributed by atoms with E-state index in [0.29, 0.717) is 30.0 Å². The van der Waals surface area contributed by atoms with Crippen LogP contribution in [0.5, 0.6) is 0 Å². The molecular weight excluding hydrogens is 455 g/mol. The Morgan fingerprint density at radius 1 is 1.15 bits per heavy atom. The van der Waals surface area contributed by atoms with Crippen LogP contribution in [0.25, 0.3) is 0 Å². The van der Waals surface area contributed by atoms with E-state index in [-0.39, 0.29) is 30.1 Å². The molecule has 5 unspecified atom stereocenters. The third-order valence-electron chi connectivity index (χ3n) is 6.38. The van der Waals surface area contributed by atoms with E-state index in [1.165, 1.54) is 12.8 Å². The Morgan fingerprint density at radius 2 is 1.85 bits per heavy atom. The summed E-state index contributed by atoms with van der Waals surface area (Å²) in [5.41, 5.74) is 0. The minimum absolute atomic E-state index is 0. The van der Waals surface area contributed by atoms with Crippen molar-refractivity contribution in [2.45, 2.75) is 51.9 Å². The van der Waals surface area contributed by atoms with Crippen molar-refractivity contribution in [2.24, 2.45) is 22.7 Å². The number of hydrogen-bond acceptors (Lipinski definition) is 4. The van der Waals surface area contributed by atoms with Crippen LogP contribution >= 0.6 is 24.0 Å². The summed E-state index contributed by atoms with van der Waals surface area (Å²) in [6.07, 6.45) is 3.75. The molecule has 0 aliphatic carbocycles. The van der Waals surface area contributed by atoms with Crippen molar-refractivity contribution >= 4 is 29.9 Å². The summed E-state index contributed by atoms with van der Waals surface area (Å²) in [4.78, 5) is 9.97. The van der Waals surface area contributed by atoms with Gasteiger partial charge in [0.05, 0.1) is 31.5 Å². The second kappa shape index (κ2) is 9.59. The predicted molar refractivity (Wildman–Crippen MR) is 119 cm³/mol. The fraction of sp³-hybridized carbons (Fsp3) is 0.950. The van der Waals surface area contributed by atoms with Crippen LogP contribution in [0.3, 0.4) is 0 Å². The number of nitrogens with one attached hydrogen (secondary N) is 1. The molecule has 2 bridgehead atoms. The number of nitrogens with zero attached hydrogens (tertiary/aromatic N) is 3. The molecule has 156 valence electrons. The van der Waals surface area contributed by atoms with E-state index in [4.69, 9.17) is 14.5 Å². The summed E-state index contributed by atoms with van der Waals surface area (Å²) in [6, 6.07) is 0. The lowest BCUT2D eigenvalue weighted by Gasteiger charge is -2.33. The van der Waals surface area contributed by atoms with E-state index in [1.54, 1.807) is 0 Å². The fourth-order valence-corrected chi connectivity index (χ4v) is 5.32. The van der Waals surface area contributed by atoms with Gasteiger partial charge < -0.3 is 19.7 Å². The summed E-state index contributed by atoms with van der Waals surface area (Å²) in [5, 5.41) is 3.51. The first-order chi connectivity index (χ1) is 12.6. The number of ether oxygens (including phenoxy) is 2. The standard InChI is InChI=1S/C20H36N4O2.HI/c1-4-21-20(22-9-15-11-23(7-8-25-15)10-14(2)3)24-12-16-17(13-24)19-6-5-18(16)26-19;/h14-19H,4-13H2,1-3H3,(H,21,22);1H. The molecule has 4 saturated heterocycles. The molecule has 6 nitrogen and oxygen atoms in total. The Kier molecular flexibility index (Phi) is 7.66. The van der Waals surface area contributed by atoms with Crippen LogP contribution < -0.4 is 5.32 Å². The zero-order chi connectivity index (χ0) is 18.1. The number of morpholine rings is 1. The van der Waals surface area contributed by atoms with Gasteiger partial charge in [-0.1, -0.05) is 13.8 Å². The summed E-state index contributed by atoms with van der Waals surface area (Å²) in [7, 11) is 0. The van der Waals surface area contributed by atoms with Crippen molar-refractivity contribution in [2.75, 3.05) is 52.4 Å². The quantitative estimate of drug-likeness (QED) is 0.362. The van der Waals surface area contributed by atoms with Crippen LogP contribution in [0, 0.1) is 17.8 Å². The van der Waals surface area contributed by atoms with Gasteiger partial charge in [-0.2, -0.15) is 0 Å². The van der Waals surface area contributed by atoms with Gasteiger partial charge in [0.1, 0.15) is 0 Å². The summed E-state index contributed by atoms with van der Waals surface area (Å²) in [6.45, 7) is 14.6. The Balaban J connectivity index is 0.00000210. The second-order valence-corrected chi connectivity index (χ2v) is 8.86. The summed E-state index contributed by atoms with van der Waals surface area (Å²) in [5.74, 6) is 3.21. The average molecular weight is 492 g/mol. The lowest BCUT2D eigenvalue weighted by atomic mass is 9.82. The number of rotatable bonds is 5. The first-order valence-corrected chi connectivity index (χ1v) is 10.7. The Hall–Kier alpha value is -0.120. The summed E-state index contributed by atoms with van der Waals surface area (Å²) < 4.78 is 12.1. The van der Waals surface area contributed by atoms with Crippen molar-refractivity contribution in [3.63, 3.8) is 0 Å². The molecule has 0 radical (unpaired) electrons. The van der Waals surface area contributed by atoms with Crippen LogP contribution in [0.15, 0.2) is 4.99 Å². The molecule has 0 aromatic rings. The molecule has 27 heavy (non-hydrogen) atoms. The molecule has 1 N–H and O–H groups in total. The van der Waals surface area contributed by atoms with Gasteiger partial charge in [-0.25, -0.2) is 0 Å². The molecule has 4 fully saturated rings. The number of hydrogen-bond donors (Lipinski definition) is 1. The largest absolute Gasteiger partial charge is 0.374 e. The predicted octanol–water partition coefficient (Wildman–Crippen LogP) is 2.04. The zero-order valence-electron chi connectivity index (χ0n) is 17.1. The lowest BCUT2D eigenvalue weighted by Crippen LogP contribution is -2.46. The third-order valence-corrected chi connectivity index (χ3v) is 6.38. The topological polar surface area (TPSA) is 49.3 Å². The molecular formula is C20H37IN4O2. The van der Waals surface area contributed by atoms with Gasteiger partial charge >= 0.3 is 0 Å². The Bertz CT molecular complexity index is 500. The van der Waals surface area contributed by atoms with E-state index >= 15 is 0 Å². The maximum atomic E-state index is 6.11. The van der Waals surface area contributed by atoms with Gasteiger partial charge in [-0.15, -0.1) is 24.0 Å². The van der Waals surface area contributed by atoms with Gasteiger partial charge in [-0.3, -0.25) is 9.89 Å². The number of guanidine groups is 1. The maximum absolute atomic E-state index is 6.11. The first-order valence-electron chi connectivity index (χ1n) is 10.7. The van der Waals surface area contributed by atoms with Crippen LogP contribution in [0.4, 0.5) is 0 Å². The second-order valence-electron chi connectivity index (χ2n) is 8.86. The Labute approximate surface area is 181 Å². The van der Waals surface area contributed by atoms with E-state index < -0.39 is 0 Å². The van der Waals surface area contributed by atoms with Gasteiger partial charge in [0, 0.05) is 51.1 Å². The molecule has 4 heterocycles. The van der Waals surface area contributed by atoms with E-state index in [0.717, 1.165) is 58.4 Å². The van der Waals surface area contributed by atoms with Gasteiger partial charge in [-0.05, 0) is 25.7 Å². The van der Waals surface area contributed by atoms with E-state index in [2.05, 4.69) is 35.9 Å². The highest BCUT2D eigenvalue weighted by atomic mass is 127. The Morgan fingerprint density at radius 3 is 2.48 bits per heavy atom. The van der Waals surface area contributed by atoms with Crippen molar-refractivity contribution in [3.05, 3.63) is 0 Å². The molecule has 5 atom stereocenters. The molecule has 4 rings (SSSR count). The minimum Gasteiger partial charge on any atom is -0.374 e. The lowest BCUT2D eigenvalue weighted by molar-refractivity contribution is -0.0262. The molecule has 0 aromatic heterocycles. The van der Waals surface area contributed by atoms with Crippen molar-refractivity contribution in [1.82, 2.24) is 15.1 Å². The highest BCUT2D eigenvalue weighted by Gasteiger charge is 2.53. The normalized spacial score (nSPS) is 36.2. The molecule has 0 aromatic carbocycles. The van der Waals surface area contributed by atoms with Crippen molar-refractivity contribution < 1.29 is 9.47 Å². The van der Waals surface area contributed by atoms with Crippen molar-refractivity contribution in [1.29, 1.82) is 0 Å². The molecule has 7 heteroatoms. The number of likely N-dealkylation sites (tertiary alicyclic amines) is 1. The van der Waals surface area contributed by atoms with Gasteiger partial charge in [0.2, 0.25) is 0 Å². The van der Waals surface area contributed by atoms with Crippen LogP contribution in [-0.4, -0.2) is 86.5 Å². The first kappa shape index (κ1) is 21.6. The van der Waals surface area contributed by atoms with Crippen LogP contribution in [0.2, 0.25) is 0 Å².